The molecule has 0 radical (unpaired) electrons. The Bertz CT molecular complexity index is 912. The highest BCUT2D eigenvalue weighted by atomic mass is 32.2. The van der Waals surface area contributed by atoms with Crippen molar-refractivity contribution in [3.8, 4) is 11.4 Å². The van der Waals surface area contributed by atoms with Crippen LogP contribution in [0.3, 0.4) is 0 Å². The maximum Gasteiger partial charge on any atom is 0.269 e. The second-order valence-corrected chi connectivity index (χ2v) is 5.86. The summed E-state index contributed by atoms with van der Waals surface area (Å²) in [5, 5.41) is 26.2. The fraction of sp³-hybridized carbons (Fsp3) is 0.0714. The molecule has 1 unspecified atom stereocenters. The normalized spacial score (nSPS) is 15.8. The minimum absolute atomic E-state index is 0.0682. The molecule has 0 fully saturated rings. The zero-order valence-corrected chi connectivity index (χ0v) is 12.3. The number of pyridine rings is 1. The number of nitro groups is 1. The summed E-state index contributed by atoms with van der Waals surface area (Å²) >= 11 is 1.31. The highest BCUT2D eigenvalue weighted by Crippen LogP contribution is 2.41. The van der Waals surface area contributed by atoms with Crippen molar-refractivity contribution in [2.24, 2.45) is 0 Å². The highest BCUT2D eigenvalue weighted by Gasteiger charge is 2.29. The van der Waals surface area contributed by atoms with Gasteiger partial charge >= 0.3 is 0 Å². The largest absolute Gasteiger partial charge is 0.368 e. The van der Waals surface area contributed by atoms with Crippen molar-refractivity contribution in [3.05, 3.63) is 58.4 Å². The highest BCUT2D eigenvalue weighted by molar-refractivity contribution is 7.99. The molecule has 4 rings (SSSR count). The lowest BCUT2D eigenvalue weighted by Crippen LogP contribution is -2.17. The first kappa shape index (κ1) is 13.9. The maximum absolute atomic E-state index is 10.9. The number of hydrogen-bond donors (Lipinski definition) is 1. The summed E-state index contributed by atoms with van der Waals surface area (Å²) in [5.41, 5.74) is 1.16. The number of non-ortho nitro benzene ring substituents is 1. The van der Waals surface area contributed by atoms with Gasteiger partial charge in [0.05, 0.1) is 4.92 Å². The Morgan fingerprint density at radius 2 is 2.04 bits per heavy atom. The average Bonchev–Trinajstić information content (AvgIpc) is 3.00. The number of benzene rings is 1. The Labute approximate surface area is 134 Å². The van der Waals surface area contributed by atoms with E-state index in [1.807, 2.05) is 0 Å². The van der Waals surface area contributed by atoms with Crippen LogP contribution in [0.5, 0.6) is 0 Å². The zero-order valence-electron chi connectivity index (χ0n) is 11.5. The van der Waals surface area contributed by atoms with Crippen LogP contribution in [0.1, 0.15) is 11.8 Å². The van der Waals surface area contributed by atoms with Crippen LogP contribution in [0.4, 0.5) is 5.69 Å². The van der Waals surface area contributed by atoms with E-state index in [4.69, 9.17) is 0 Å². The van der Waals surface area contributed by atoms with Gasteiger partial charge in [-0.25, -0.2) is 9.67 Å². The fourth-order valence-electron chi connectivity index (χ4n) is 2.34. The third-order valence-electron chi connectivity index (χ3n) is 3.45. The van der Waals surface area contributed by atoms with Crippen LogP contribution in [0, 0.1) is 10.1 Å². The second-order valence-electron chi connectivity index (χ2n) is 4.85. The summed E-state index contributed by atoms with van der Waals surface area (Å²) in [4.78, 5) is 19.5. The topological polar surface area (TPSA) is 107 Å². The minimum atomic E-state index is -1.11. The van der Waals surface area contributed by atoms with E-state index in [9.17, 15) is 15.2 Å². The Morgan fingerprint density at radius 3 is 2.78 bits per heavy atom. The summed E-state index contributed by atoms with van der Waals surface area (Å²) < 4.78 is 1.37. The summed E-state index contributed by atoms with van der Waals surface area (Å²) in [6.07, 6.45) is 2.16. The van der Waals surface area contributed by atoms with Gasteiger partial charge in [-0.2, -0.15) is 0 Å². The van der Waals surface area contributed by atoms with Crippen molar-refractivity contribution in [1.82, 2.24) is 19.7 Å². The summed E-state index contributed by atoms with van der Waals surface area (Å²) in [6.45, 7) is 0. The Kier molecular flexibility index (Phi) is 3.10. The number of aliphatic hydroxyl groups is 1. The molecule has 3 aromatic rings. The molecule has 9 heteroatoms. The molecule has 8 nitrogen and oxygen atoms in total. The third kappa shape index (κ3) is 2.26. The van der Waals surface area contributed by atoms with Crippen molar-refractivity contribution in [2.45, 2.75) is 16.3 Å². The van der Waals surface area contributed by atoms with Crippen molar-refractivity contribution < 1.29 is 10.0 Å². The quantitative estimate of drug-likeness (QED) is 0.568. The van der Waals surface area contributed by atoms with Gasteiger partial charge in [0.2, 0.25) is 0 Å². The monoisotopic (exact) mass is 327 g/mol. The number of rotatable bonds is 2. The molecule has 1 atom stereocenters. The molecule has 0 amide bonds. The van der Waals surface area contributed by atoms with Crippen LogP contribution in [0.25, 0.3) is 11.4 Å². The molecule has 3 heterocycles. The van der Waals surface area contributed by atoms with E-state index in [2.05, 4.69) is 15.1 Å². The number of hydrogen-bond acceptors (Lipinski definition) is 7. The number of nitrogens with zero attached hydrogens (tertiary/aromatic N) is 5. The molecule has 0 saturated carbocycles. The van der Waals surface area contributed by atoms with E-state index in [1.54, 1.807) is 30.6 Å². The van der Waals surface area contributed by atoms with Crippen LogP contribution < -0.4 is 0 Å². The van der Waals surface area contributed by atoms with Crippen LogP contribution in [-0.2, 0) is 0 Å². The van der Waals surface area contributed by atoms with Gasteiger partial charge in [0.15, 0.2) is 17.2 Å². The number of aliphatic hydroxyl groups excluding tert-OH is 1. The van der Waals surface area contributed by atoms with Gasteiger partial charge in [-0.05, 0) is 30.0 Å². The van der Waals surface area contributed by atoms with Crippen LogP contribution >= 0.6 is 11.8 Å². The molecular formula is C14H9N5O3S. The lowest BCUT2D eigenvalue weighted by molar-refractivity contribution is -0.385. The molecule has 1 aliphatic rings. The summed E-state index contributed by atoms with van der Waals surface area (Å²) in [7, 11) is 0. The first-order valence-corrected chi connectivity index (χ1v) is 7.46. The van der Waals surface area contributed by atoms with Gasteiger partial charge in [-0.15, -0.1) is 5.10 Å². The van der Waals surface area contributed by atoms with E-state index in [-0.39, 0.29) is 5.69 Å². The van der Waals surface area contributed by atoms with Gasteiger partial charge in [0.1, 0.15) is 0 Å². The van der Waals surface area contributed by atoms with E-state index in [0.29, 0.717) is 16.5 Å². The molecule has 23 heavy (non-hydrogen) atoms. The van der Waals surface area contributed by atoms with E-state index < -0.39 is 11.2 Å². The fourth-order valence-corrected chi connectivity index (χ4v) is 3.32. The molecule has 0 aliphatic carbocycles. The van der Waals surface area contributed by atoms with E-state index in [1.165, 1.54) is 28.6 Å². The standard InChI is InChI=1S/C14H9N5O3S/c20-13-10-7-9(19(21)22)1-2-11(10)23-14-16-12(17-18(13)14)8-3-5-15-6-4-8/h1-7,13,20H. The van der Waals surface area contributed by atoms with Crippen LogP contribution in [0.15, 0.2) is 52.8 Å². The molecule has 1 N–H and O–H groups in total. The van der Waals surface area contributed by atoms with Crippen molar-refractivity contribution in [3.63, 3.8) is 0 Å². The Hall–Kier alpha value is -2.78. The first-order chi connectivity index (χ1) is 11.1. The van der Waals surface area contributed by atoms with Crippen molar-refractivity contribution in [2.75, 3.05) is 0 Å². The van der Waals surface area contributed by atoms with E-state index >= 15 is 0 Å². The van der Waals surface area contributed by atoms with Crippen LogP contribution in [-0.4, -0.2) is 29.8 Å². The van der Waals surface area contributed by atoms with Crippen LogP contribution in [0.2, 0.25) is 0 Å². The molecule has 1 aromatic carbocycles. The Morgan fingerprint density at radius 1 is 1.26 bits per heavy atom. The maximum atomic E-state index is 10.9. The zero-order chi connectivity index (χ0) is 16.0. The number of nitro benzene ring substituents is 1. The number of aromatic nitrogens is 4. The molecule has 1 aliphatic heterocycles. The van der Waals surface area contributed by atoms with Gasteiger partial charge in [0, 0.05) is 40.5 Å². The second kappa shape index (κ2) is 5.14. The average molecular weight is 327 g/mol. The van der Waals surface area contributed by atoms with Gasteiger partial charge in [-0.1, -0.05) is 0 Å². The molecule has 114 valence electrons. The smallest absolute Gasteiger partial charge is 0.269 e. The predicted octanol–water partition coefficient (Wildman–Crippen LogP) is 2.25. The SMILES string of the molecule is O=[N+]([O-])c1ccc2c(c1)C(O)n1nc(-c3ccncc3)nc1S2. The predicted molar refractivity (Wildman–Crippen MR) is 80.8 cm³/mol. The Balaban J connectivity index is 1.79. The molecular weight excluding hydrogens is 318 g/mol. The van der Waals surface area contributed by atoms with Crippen molar-refractivity contribution >= 4 is 17.4 Å². The summed E-state index contributed by atoms with van der Waals surface area (Å²) in [5.74, 6) is 0.469. The first-order valence-electron chi connectivity index (χ1n) is 6.64. The van der Waals surface area contributed by atoms with Crippen molar-refractivity contribution in [1.29, 1.82) is 0 Å². The third-order valence-corrected chi connectivity index (χ3v) is 4.51. The van der Waals surface area contributed by atoms with Gasteiger partial charge in [-0.3, -0.25) is 15.1 Å². The number of fused-ring (bicyclic) bond motifs is 2. The molecule has 2 aromatic heterocycles. The van der Waals surface area contributed by atoms with Gasteiger partial charge in [0.25, 0.3) is 5.69 Å². The van der Waals surface area contributed by atoms with E-state index in [0.717, 1.165) is 10.5 Å². The van der Waals surface area contributed by atoms with Gasteiger partial charge < -0.3 is 5.11 Å². The molecule has 0 spiro atoms. The lowest BCUT2D eigenvalue weighted by Gasteiger charge is -2.21. The molecule has 0 bridgehead atoms. The molecule has 0 saturated heterocycles. The minimum Gasteiger partial charge on any atom is -0.368 e. The lowest BCUT2D eigenvalue weighted by atomic mass is 10.1. The summed E-state index contributed by atoms with van der Waals surface area (Å²) in [6, 6.07) is 7.94.